The average Bonchev–Trinajstić information content (AvgIpc) is 2.38. The smallest absolute Gasteiger partial charge is 0.186 e. The summed E-state index contributed by atoms with van der Waals surface area (Å²) in [6, 6.07) is 13.7. The molecule has 20 heavy (non-hydrogen) atoms. The van der Waals surface area contributed by atoms with Crippen LogP contribution >= 0.6 is 0 Å². The van der Waals surface area contributed by atoms with Crippen molar-refractivity contribution < 1.29 is 13.2 Å². The molecule has 3 nitrogen and oxygen atoms in total. The van der Waals surface area contributed by atoms with Crippen molar-refractivity contribution in [2.45, 2.75) is 18.7 Å². The minimum Gasteiger partial charge on any atom is -0.293 e. The molecule has 0 N–H and O–H groups in total. The molecule has 0 heterocycles. The number of hydrogen-bond donors (Lipinski definition) is 0. The molecular formula is C16H16O3S. The first kappa shape index (κ1) is 14.5. The molecule has 0 saturated carbocycles. The lowest BCUT2D eigenvalue weighted by Crippen LogP contribution is -2.18. The highest BCUT2D eigenvalue weighted by molar-refractivity contribution is 7.92. The van der Waals surface area contributed by atoms with Crippen LogP contribution in [0.15, 0.2) is 53.4 Å². The van der Waals surface area contributed by atoms with Crippen LogP contribution in [0.3, 0.4) is 0 Å². The Morgan fingerprint density at radius 2 is 1.45 bits per heavy atom. The van der Waals surface area contributed by atoms with Crippen molar-refractivity contribution in [3.63, 3.8) is 0 Å². The van der Waals surface area contributed by atoms with Crippen LogP contribution in [0.1, 0.15) is 21.5 Å². The molecule has 0 fully saturated rings. The molecule has 0 aromatic heterocycles. The van der Waals surface area contributed by atoms with Crippen LogP contribution in [0.5, 0.6) is 0 Å². The molecule has 0 spiro atoms. The van der Waals surface area contributed by atoms with Crippen LogP contribution in [0, 0.1) is 13.8 Å². The molecule has 0 saturated heterocycles. The van der Waals surface area contributed by atoms with Crippen molar-refractivity contribution in [3.05, 3.63) is 65.2 Å². The summed E-state index contributed by atoms with van der Waals surface area (Å²) in [5.41, 5.74) is 1.91. The lowest BCUT2D eigenvalue weighted by molar-refractivity contribution is 0.102. The molecule has 0 atom stereocenters. The minimum absolute atomic E-state index is 0.224. The first-order valence-corrected chi connectivity index (χ1v) is 7.94. The number of rotatable bonds is 4. The standard InChI is InChI=1S/C16H16O3S/c1-12-7-3-5-9-14(12)15(17)11-20(18,19)16-10-6-4-8-13(16)2/h3-10H,11H2,1-2H3. The van der Waals surface area contributed by atoms with Gasteiger partial charge in [-0.05, 0) is 31.0 Å². The maximum atomic E-state index is 12.3. The van der Waals surface area contributed by atoms with Gasteiger partial charge >= 0.3 is 0 Å². The number of carbonyl (C=O) groups excluding carboxylic acids is 1. The highest BCUT2D eigenvalue weighted by atomic mass is 32.2. The van der Waals surface area contributed by atoms with E-state index in [2.05, 4.69) is 0 Å². The van der Waals surface area contributed by atoms with Gasteiger partial charge in [0.1, 0.15) is 5.75 Å². The zero-order chi connectivity index (χ0) is 14.8. The summed E-state index contributed by atoms with van der Waals surface area (Å²) in [4.78, 5) is 12.4. The van der Waals surface area contributed by atoms with Crippen LogP contribution in [0.4, 0.5) is 0 Å². The Labute approximate surface area is 119 Å². The van der Waals surface area contributed by atoms with Crippen LogP contribution in [-0.4, -0.2) is 20.0 Å². The summed E-state index contributed by atoms with van der Waals surface area (Å²) in [5, 5.41) is 0. The van der Waals surface area contributed by atoms with Gasteiger partial charge in [-0.25, -0.2) is 8.42 Å². The summed E-state index contributed by atoms with van der Waals surface area (Å²) >= 11 is 0. The van der Waals surface area contributed by atoms with E-state index in [1.165, 1.54) is 6.07 Å². The van der Waals surface area contributed by atoms with E-state index in [1.54, 1.807) is 50.2 Å². The Morgan fingerprint density at radius 1 is 0.900 bits per heavy atom. The van der Waals surface area contributed by atoms with E-state index in [1.807, 2.05) is 6.07 Å². The maximum Gasteiger partial charge on any atom is 0.186 e. The van der Waals surface area contributed by atoms with Gasteiger partial charge in [0.2, 0.25) is 0 Å². The van der Waals surface area contributed by atoms with Gasteiger partial charge in [-0.15, -0.1) is 0 Å². The molecule has 0 aliphatic heterocycles. The molecule has 104 valence electrons. The van der Waals surface area contributed by atoms with Crippen LogP contribution in [-0.2, 0) is 9.84 Å². The van der Waals surface area contributed by atoms with Gasteiger partial charge in [-0.2, -0.15) is 0 Å². The first-order chi connectivity index (χ1) is 9.42. The van der Waals surface area contributed by atoms with E-state index in [0.717, 1.165) is 5.56 Å². The number of benzene rings is 2. The van der Waals surface area contributed by atoms with E-state index in [4.69, 9.17) is 0 Å². The zero-order valence-corrected chi connectivity index (χ0v) is 12.3. The molecule has 0 radical (unpaired) electrons. The van der Waals surface area contributed by atoms with E-state index in [0.29, 0.717) is 11.1 Å². The number of sulfone groups is 1. The third kappa shape index (κ3) is 2.96. The predicted molar refractivity (Wildman–Crippen MR) is 78.7 cm³/mol. The van der Waals surface area contributed by atoms with Crippen LogP contribution in [0.2, 0.25) is 0 Å². The molecule has 4 heteroatoms. The number of hydrogen-bond acceptors (Lipinski definition) is 3. The molecule has 2 aromatic rings. The van der Waals surface area contributed by atoms with Crippen molar-refractivity contribution in [2.75, 3.05) is 5.75 Å². The van der Waals surface area contributed by atoms with Crippen LogP contribution < -0.4 is 0 Å². The molecular weight excluding hydrogens is 272 g/mol. The van der Waals surface area contributed by atoms with Gasteiger partial charge in [0, 0.05) is 5.56 Å². The largest absolute Gasteiger partial charge is 0.293 e. The summed E-state index contributed by atoms with van der Waals surface area (Å²) < 4.78 is 24.7. The van der Waals surface area contributed by atoms with Gasteiger partial charge in [0.25, 0.3) is 0 Å². The van der Waals surface area contributed by atoms with Crippen molar-refractivity contribution in [2.24, 2.45) is 0 Å². The highest BCUT2D eigenvalue weighted by Gasteiger charge is 2.22. The fraction of sp³-hybridized carbons (Fsp3) is 0.188. The van der Waals surface area contributed by atoms with E-state index >= 15 is 0 Å². The SMILES string of the molecule is Cc1ccccc1C(=O)CS(=O)(=O)c1ccccc1C. The molecule has 2 aromatic carbocycles. The number of ketones is 1. The summed E-state index contributed by atoms with van der Waals surface area (Å²) in [5.74, 6) is -0.866. The highest BCUT2D eigenvalue weighted by Crippen LogP contribution is 2.18. The third-order valence-electron chi connectivity index (χ3n) is 3.20. The normalized spacial score (nSPS) is 11.3. The van der Waals surface area contributed by atoms with Crippen molar-refractivity contribution in [3.8, 4) is 0 Å². The second-order valence-corrected chi connectivity index (χ2v) is 6.72. The van der Waals surface area contributed by atoms with E-state index in [9.17, 15) is 13.2 Å². The van der Waals surface area contributed by atoms with Gasteiger partial charge < -0.3 is 0 Å². The summed E-state index contributed by atoms with van der Waals surface area (Å²) in [7, 11) is -3.60. The number of carbonyl (C=O) groups is 1. The second kappa shape index (κ2) is 5.59. The molecule has 0 aliphatic rings. The number of aryl methyl sites for hydroxylation is 2. The fourth-order valence-electron chi connectivity index (χ4n) is 2.12. The lowest BCUT2D eigenvalue weighted by Gasteiger charge is -2.08. The lowest BCUT2D eigenvalue weighted by atomic mass is 10.1. The molecule has 0 amide bonds. The van der Waals surface area contributed by atoms with E-state index < -0.39 is 15.6 Å². The van der Waals surface area contributed by atoms with Gasteiger partial charge in [-0.3, -0.25) is 4.79 Å². The molecule has 0 unspecified atom stereocenters. The Hall–Kier alpha value is -1.94. The van der Waals surface area contributed by atoms with Crippen molar-refractivity contribution in [1.82, 2.24) is 0 Å². The zero-order valence-electron chi connectivity index (χ0n) is 11.5. The van der Waals surface area contributed by atoms with Gasteiger partial charge in [0.15, 0.2) is 15.6 Å². The fourth-order valence-corrected chi connectivity index (χ4v) is 3.62. The minimum atomic E-state index is -3.60. The molecule has 0 bridgehead atoms. The summed E-state index contributed by atoms with van der Waals surface area (Å²) in [6.07, 6.45) is 0. The topological polar surface area (TPSA) is 51.2 Å². The first-order valence-electron chi connectivity index (χ1n) is 6.29. The molecule has 0 aliphatic carbocycles. The Morgan fingerprint density at radius 3 is 2.05 bits per heavy atom. The maximum absolute atomic E-state index is 12.3. The Bertz CT molecular complexity index is 746. The second-order valence-electron chi connectivity index (χ2n) is 4.76. The third-order valence-corrected chi connectivity index (χ3v) is 4.97. The average molecular weight is 288 g/mol. The Balaban J connectivity index is 2.33. The van der Waals surface area contributed by atoms with E-state index in [-0.39, 0.29) is 10.7 Å². The van der Waals surface area contributed by atoms with Crippen molar-refractivity contribution >= 4 is 15.6 Å². The van der Waals surface area contributed by atoms with Crippen LogP contribution in [0.25, 0.3) is 0 Å². The summed E-state index contributed by atoms with van der Waals surface area (Å²) in [6.45, 7) is 3.53. The predicted octanol–water partition coefficient (Wildman–Crippen LogP) is 2.96. The van der Waals surface area contributed by atoms with Crippen molar-refractivity contribution in [1.29, 1.82) is 0 Å². The quantitative estimate of drug-likeness (QED) is 0.813. The number of Topliss-reactive ketones (excluding diaryl/α,β-unsaturated/α-hetero) is 1. The Kier molecular flexibility index (Phi) is 4.04. The monoisotopic (exact) mass is 288 g/mol. The molecule has 2 rings (SSSR count). The van der Waals surface area contributed by atoms with Gasteiger partial charge in [0.05, 0.1) is 4.90 Å². The van der Waals surface area contributed by atoms with Gasteiger partial charge in [-0.1, -0.05) is 42.5 Å².